The Labute approximate surface area is 133 Å². The van der Waals surface area contributed by atoms with E-state index in [4.69, 9.17) is 0 Å². The minimum Gasteiger partial charge on any atom is -0.387 e. The summed E-state index contributed by atoms with van der Waals surface area (Å²) in [5.74, 6) is 0. The Balaban J connectivity index is 2.00. The fraction of sp³-hybridized carbons (Fsp3) is 0.625. The maximum absolute atomic E-state index is 11.7. The van der Waals surface area contributed by atoms with Crippen molar-refractivity contribution < 1.29 is 13.5 Å². The third-order valence-electron chi connectivity index (χ3n) is 4.14. The van der Waals surface area contributed by atoms with Gasteiger partial charge in [-0.3, -0.25) is 4.90 Å². The van der Waals surface area contributed by atoms with E-state index >= 15 is 0 Å². The summed E-state index contributed by atoms with van der Waals surface area (Å²) < 4.78 is 24.9. The lowest BCUT2D eigenvalue weighted by molar-refractivity contribution is 0.0752. The molecule has 2 rings (SSSR count). The van der Waals surface area contributed by atoms with Crippen LogP contribution in [-0.4, -0.2) is 61.2 Å². The Hall–Kier alpha value is -0.950. The molecule has 124 valence electrons. The van der Waals surface area contributed by atoms with Crippen LogP contribution in [0.1, 0.15) is 29.7 Å². The number of β-amino-alcohol motifs (C(OH)–C–C–N with tert-alkyl or cyclic N) is 1. The second-order valence-electron chi connectivity index (χ2n) is 6.42. The van der Waals surface area contributed by atoms with Crippen molar-refractivity contribution in [1.82, 2.24) is 9.21 Å². The molecule has 22 heavy (non-hydrogen) atoms. The molecule has 0 spiro atoms. The van der Waals surface area contributed by atoms with Crippen molar-refractivity contribution in [3.05, 3.63) is 34.9 Å². The highest BCUT2D eigenvalue weighted by Crippen LogP contribution is 2.20. The second kappa shape index (κ2) is 6.66. The van der Waals surface area contributed by atoms with Gasteiger partial charge in [0.25, 0.3) is 0 Å². The SMILES string of the molecule is Cc1cc(C)cc(C(O)CN2CCN(S(C)(=O)=O)[C@@H](C)C2)c1. The first-order valence-electron chi connectivity index (χ1n) is 7.62. The number of hydrogen-bond donors (Lipinski definition) is 1. The van der Waals surface area contributed by atoms with Gasteiger partial charge in [-0.15, -0.1) is 0 Å². The average molecular weight is 326 g/mol. The average Bonchev–Trinajstić information content (AvgIpc) is 2.35. The maximum Gasteiger partial charge on any atom is 0.211 e. The van der Waals surface area contributed by atoms with Crippen molar-refractivity contribution in [2.24, 2.45) is 0 Å². The lowest BCUT2D eigenvalue weighted by atomic mass is 10.0. The predicted molar refractivity (Wildman–Crippen MR) is 88.3 cm³/mol. The van der Waals surface area contributed by atoms with Crippen LogP contribution < -0.4 is 0 Å². The molecule has 0 radical (unpaired) electrons. The van der Waals surface area contributed by atoms with Gasteiger partial charge in [-0.2, -0.15) is 4.31 Å². The van der Waals surface area contributed by atoms with Gasteiger partial charge in [-0.25, -0.2) is 8.42 Å². The lowest BCUT2D eigenvalue weighted by Crippen LogP contribution is -2.54. The van der Waals surface area contributed by atoms with Gasteiger partial charge < -0.3 is 5.11 Å². The Morgan fingerprint density at radius 2 is 1.82 bits per heavy atom. The number of piperazine rings is 1. The van der Waals surface area contributed by atoms with E-state index in [9.17, 15) is 13.5 Å². The molecule has 2 atom stereocenters. The summed E-state index contributed by atoms with van der Waals surface area (Å²) in [5.41, 5.74) is 3.21. The van der Waals surface area contributed by atoms with E-state index in [2.05, 4.69) is 11.0 Å². The van der Waals surface area contributed by atoms with E-state index < -0.39 is 16.1 Å². The number of hydrogen-bond acceptors (Lipinski definition) is 4. The fourth-order valence-corrected chi connectivity index (χ4v) is 4.36. The van der Waals surface area contributed by atoms with E-state index in [1.807, 2.05) is 32.9 Å². The van der Waals surface area contributed by atoms with Gasteiger partial charge >= 0.3 is 0 Å². The van der Waals surface area contributed by atoms with Gasteiger partial charge in [0.2, 0.25) is 10.0 Å². The summed E-state index contributed by atoms with van der Waals surface area (Å²) in [5, 5.41) is 10.5. The zero-order valence-electron chi connectivity index (χ0n) is 13.8. The summed E-state index contributed by atoms with van der Waals surface area (Å²) >= 11 is 0. The molecule has 1 aromatic carbocycles. The van der Waals surface area contributed by atoms with Crippen LogP contribution in [0.25, 0.3) is 0 Å². The highest BCUT2D eigenvalue weighted by Gasteiger charge is 2.30. The quantitative estimate of drug-likeness (QED) is 0.906. The highest BCUT2D eigenvalue weighted by atomic mass is 32.2. The monoisotopic (exact) mass is 326 g/mol. The Kier molecular flexibility index (Phi) is 5.27. The molecule has 1 unspecified atom stereocenters. The molecule has 1 fully saturated rings. The lowest BCUT2D eigenvalue weighted by Gasteiger charge is -2.39. The largest absolute Gasteiger partial charge is 0.387 e. The summed E-state index contributed by atoms with van der Waals surface area (Å²) in [7, 11) is -3.15. The third-order valence-corrected chi connectivity index (χ3v) is 5.53. The minimum absolute atomic E-state index is 0.0600. The molecule has 0 aliphatic carbocycles. The molecule has 1 heterocycles. The third kappa shape index (κ3) is 4.29. The van der Waals surface area contributed by atoms with E-state index in [-0.39, 0.29) is 6.04 Å². The van der Waals surface area contributed by atoms with Crippen molar-refractivity contribution >= 4 is 10.0 Å². The number of sulfonamides is 1. The fourth-order valence-electron chi connectivity index (χ4n) is 3.23. The predicted octanol–water partition coefficient (Wildman–Crippen LogP) is 1.30. The number of aliphatic hydroxyl groups excluding tert-OH is 1. The number of rotatable bonds is 4. The Morgan fingerprint density at radius 1 is 1.23 bits per heavy atom. The molecule has 0 aromatic heterocycles. The van der Waals surface area contributed by atoms with Crippen molar-refractivity contribution in [3.63, 3.8) is 0 Å². The maximum atomic E-state index is 11.7. The number of aliphatic hydroxyl groups is 1. The van der Waals surface area contributed by atoms with Gasteiger partial charge in [0.05, 0.1) is 12.4 Å². The Bertz CT molecular complexity index is 610. The normalized spacial score (nSPS) is 22.7. The zero-order chi connectivity index (χ0) is 16.5. The Morgan fingerprint density at radius 3 is 2.32 bits per heavy atom. The molecular weight excluding hydrogens is 300 g/mol. The van der Waals surface area contributed by atoms with E-state index in [1.165, 1.54) is 10.6 Å². The van der Waals surface area contributed by atoms with Crippen molar-refractivity contribution in [1.29, 1.82) is 0 Å². The topological polar surface area (TPSA) is 60.9 Å². The molecule has 1 aromatic rings. The molecule has 1 aliphatic heterocycles. The minimum atomic E-state index is -3.15. The molecule has 5 nitrogen and oxygen atoms in total. The van der Waals surface area contributed by atoms with E-state index in [1.54, 1.807) is 0 Å². The molecule has 0 amide bonds. The van der Waals surface area contributed by atoms with Crippen LogP contribution in [0, 0.1) is 13.8 Å². The molecular formula is C16H26N2O3S. The van der Waals surface area contributed by atoms with Crippen LogP contribution >= 0.6 is 0 Å². The van der Waals surface area contributed by atoms with Crippen molar-refractivity contribution in [2.75, 3.05) is 32.4 Å². The van der Waals surface area contributed by atoms with Crippen molar-refractivity contribution in [2.45, 2.75) is 32.9 Å². The van der Waals surface area contributed by atoms with Gasteiger partial charge in [0, 0.05) is 32.2 Å². The summed E-state index contributed by atoms with van der Waals surface area (Å²) in [4.78, 5) is 2.13. The summed E-state index contributed by atoms with van der Waals surface area (Å²) in [6, 6.07) is 6.04. The van der Waals surface area contributed by atoms with Gasteiger partial charge in [-0.1, -0.05) is 29.3 Å². The first-order chi connectivity index (χ1) is 10.2. The standard InChI is InChI=1S/C16H26N2O3S/c1-12-7-13(2)9-15(8-12)16(19)11-17-5-6-18(14(3)10-17)22(4,20)21/h7-9,14,16,19H,5-6,10-11H2,1-4H3/t14-,16?/m0/s1. The zero-order valence-corrected chi connectivity index (χ0v) is 14.6. The van der Waals surface area contributed by atoms with Crippen LogP contribution in [0.15, 0.2) is 18.2 Å². The number of benzene rings is 1. The van der Waals surface area contributed by atoms with Crippen LogP contribution in [0.3, 0.4) is 0 Å². The van der Waals surface area contributed by atoms with Crippen LogP contribution in [-0.2, 0) is 10.0 Å². The molecule has 6 heteroatoms. The summed E-state index contributed by atoms with van der Waals surface area (Å²) in [6.45, 7) is 8.28. The molecule has 0 bridgehead atoms. The van der Waals surface area contributed by atoms with E-state index in [0.717, 1.165) is 16.7 Å². The molecule has 1 saturated heterocycles. The van der Waals surface area contributed by atoms with Gasteiger partial charge in [-0.05, 0) is 26.3 Å². The molecule has 0 saturated carbocycles. The van der Waals surface area contributed by atoms with Crippen LogP contribution in [0.4, 0.5) is 0 Å². The molecule has 1 aliphatic rings. The van der Waals surface area contributed by atoms with Gasteiger partial charge in [0.1, 0.15) is 0 Å². The van der Waals surface area contributed by atoms with Crippen LogP contribution in [0.2, 0.25) is 0 Å². The highest BCUT2D eigenvalue weighted by molar-refractivity contribution is 7.88. The number of nitrogens with zero attached hydrogens (tertiary/aromatic N) is 2. The van der Waals surface area contributed by atoms with E-state index in [0.29, 0.717) is 26.2 Å². The van der Waals surface area contributed by atoms with Crippen molar-refractivity contribution in [3.8, 4) is 0 Å². The smallest absolute Gasteiger partial charge is 0.211 e. The summed E-state index contributed by atoms with van der Waals surface area (Å²) in [6.07, 6.45) is 0.708. The number of aryl methyl sites for hydroxylation is 2. The first kappa shape index (κ1) is 17.4. The van der Waals surface area contributed by atoms with Crippen LogP contribution in [0.5, 0.6) is 0 Å². The second-order valence-corrected chi connectivity index (χ2v) is 8.35. The molecule has 1 N–H and O–H groups in total. The first-order valence-corrected chi connectivity index (χ1v) is 9.47. The van der Waals surface area contributed by atoms with Gasteiger partial charge in [0.15, 0.2) is 0 Å².